The maximum absolute atomic E-state index is 13.5. The van der Waals surface area contributed by atoms with Crippen LogP contribution in [0.5, 0.6) is 5.75 Å². The first-order valence-corrected chi connectivity index (χ1v) is 7.14. The van der Waals surface area contributed by atoms with Crippen molar-refractivity contribution < 1.29 is 9.13 Å². The van der Waals surface area contributed by atoms with Gasteiger partial charge in [-0.2, -0.15) is 0 Å². The van der Waals surface area contributed by atoms with E-state index in [2.05, 4.69) is 26.2 Å². The number of hydrogen-bond donors (Lipinski definition) is 1. The fraction of sp³-hybridized carbons (Fsp3) is 0.267. The van der Waals surface area contributed by atoms with Crippen molar-refractivity contribution in [1.29, 1.82) is 0 Å². The molecule has 2 rings (SSSR count). The Labute approximate surface area is 126 Å². The number of nitrogens with one attached hydrogen (secondary N) is 1. The first-order chi connectivity index (χ1) is 9.67. The van der Waals surface area contributed by atoms with Gasteiger partial charge in [-0.15, -0.1) is 0 Å². The molecule has 1 aromatic heterocycles. The standard InChI is InChI=1S/C15H16BrFN2O/c1-3-18-14(11-9-10(17)6-7-12(11)16)15-13(20-2)5-4-8-19-15/h4-9,14,18H,3H2,1-2H3. The molecule has 0 aliphatic rings. The SMILES string of the molecule is CCNC(c1cc(F)ccc1Br)c1ncccc1OC. The summed E-state index contributed by atoms with van der Waals surface area (Å²) in [5.74, 6) is 0.399. The summed E-state index contributed by atoms with van der Waals surface area (Å²) in [4.78, 5) is 4.38. The van der Waals surface area contributed by atoms with Gasteiger partial charge in [0.05, 0.1) is 13.2 Å². The zero-order chi connectivity index (χ0) is 14.5. The monoisotopic (exact) mass is 338 g/mol. The van der Waals surface area contributed by atoms with Crippen molar-refractivity contribution in [3.8, 4) is 5.75 Å². The number of methoxy groups -OCH3 is 1. The minimum atomic E-state index is -0.277. The summed E-state index contributed by atoms with van der Waals surface area (Å²) in [7, 11) is 1.60. The first kappa shape index (κ1) is 14.9. The molecule has 0 fully saturated rings. The second-order valence-electron chi connectivity index (χ2n) is 4.25. The van der Waals surface area contributed by atoms with E-state index in [1.54, 1.807) is 19.4 Å². The molecule has 0 saturated carbocycles. The molecular formula is C15H16BrFN2O. The van der Waals surface area contributed by atoms with E-state index < -0.39 is 0 Å². The number of rotatable bonds is 5. The quantitative estimate of drug-likeness (QED) is 0.902. The summed E-state index contributed by atoms with van der Waals surface area (Å²) in [5.41, 5.74) is 1.53. The van der Waals surface area contributed by atoms with Crippen LogP contribution in [0.25, 0.3) is 0 Å². The molecular weight excluding hydrogens is 323 g/mol. The van der Waals surface area contributed by atoms with Gasteiger partial charge in [0, 0.05) is 10.7 Å². The molecule has 1 aromatic carbocycles. The van der Waals surface area contributed by atoms with Crippen molar-refractivity contribution in [3.63, 3.8) is 0 Å². The summed E-state index contributed by atoms with van der Waals surface area (Å²) >= 11 is 3.47. The molecule has 0 aliphatic heterocycles. The number of hydrogen-bond acceptors (Lipinski definition) is 3. The normalized spacial score (nSPS) is 12.2. The average Bonchev–Trinajstić information content (AvgIpc) is 2.47. The van der Waals surface area contributed by atoms with Crippen LogP contribution in [0.1, 0.15) is 24.2 Å². The van der Waals surface area contributed by atoms with Gasteiger partial charge in [-0.25, -0.2) is 4.39 Å². The van der Waals surface area contributed by atoms with Gasteiger partial charge in [-0.05, 0) is 42.4 Å². The second-order valence-corrected chi connectivity index (χ2v) is 5.10. The molecule has 0 spiro atoms. The molecule has 3 nitrogen and oxygen atoms in total. The van der Waals surface area contributed by atoms with E-state index in [1.807, 2.05) is 19.1 Å². The Bertz CT molecular complexity index is 592. The lowest BCUT2D eigenvalue weighted by Gasteiger charge is -2.21. The predicted molar refractivity (Wildman–Crippen MR) is 80.4 cm³/mol. The fourth-order valence-electron chi connectivity index (χ4n) is 2.09. The summed E-state index contributed by atoms with van der Waals surface area (Å²) in [6, 6.07) is 8.05. The third-order valence-corrected chi connectivity index (χ3v) is 3.69. The van der Waals surface area contributed by atoms with Gasteiger partial charge >= 0.3 is 0 Å². The summed E-state index contributed by atoms with van der Waals surface area (Å²) in [6.45, 7) is 2.73. The number of halogens is 2. The van der Waals surface area contributed by atoms with E-state index in [1.165, 1.54) is 12.1 Å². The van der Waals surface area contributed by atoms with Crippen LogP contribution in [0.3, 0.4) is 0 Å². The van der Waals surface area contributed by atoms with E-state index in [-0.39, 0.29) is 11.9 Å². The Morgan fingerprint density at radius 3 is 2.90 bits per heavy atom. The average molecular weight is 339 g/mol. The Balaban J connectivity index is 2.53. The van der Waals surface area contributed by atoms with E-state index in [0.29, 0.717) is 5.75 Å². The van der Waals surface area contributed by atoms with Crippen molar-refractivity contribution in [2.45, 2.75) is 13.0 Å². The van der Waals surface area contributed by atoms with Gasteiger partial charge in [-0.3, -0.25) is 4.98 Å². The van der Waals surface area contributed by atoms with Crippen LogP contribution < -0.4 is 10.1 Å². The topological polar surface area (TPSA) is 34.2 Å². The van der Waals surface area contributed by atoms with E-state index in [9.17, 15) is 4.39 Å². The molecule has 2 aromatic rings. The molecule has 1 heterocycles. The molecule has 1 N–H and O–H groups in total. The Hall–Kier alpha value is -1.46. The van der Waals surface area contributed by atoms with E-state index >= 15 is 0 Å². The highest BCUT2D eigenvalue weighted by Gasteiger charge is 2.21. The summed E-state index contributed by atoms with van der Waals surface area (Å²) < 4.78 is 19.7. The van der Waals surface area contributed by atoms with Crippen molar-refractivity contribution in [3.05, 3.63) is 58.1 Å². The number of nitrogens with zero attached hydrogens (tertiary/aromatic N) is 1. The van der Waals surface area contributed by atoms with Gasteiger partial charge in [0.1, 0.15) is 17.3 Å². The van der Waals surface area contributed by atoms with Gasteiger partial charge in [-0.1, -0.05) is 22.9 Å². The van der Waals surface area contributed by atoms with Crippen molar-refractivity contribution in [2.75, 3.05) is 13.7 Å². The molecule has 0 aliphatic carbocycles. The predicted octanol–water partition coefficient (Wildman–Crippen LogP) is 3.69. The molecule has 5 heteroatoms. The molecule has 0 bridgehead atoms. The van der Waals surface area contributed by atoms with Crippen molar-refractivity contribution >= 4 is 15.9 Å². The fourth-order valence-corrected chi connectivity index (χ4v) is 2.56. The third kappa shape index (κ3) is 3.16. The van der Waals surface area contributed by atoms with Gasteiger partial charge in [0.2, 0.25) is 0 Å². The van der Waals surface area contributed by atoms with Crippen LogP contribution in [-0.4, -0.2) is 18.6 Å². The molecule has 20 heavy (non-hydrogen) atoms. The number of aromatic nitrogens is 1. The minimum Gasteiger partial charge on any atom is -0.495 e. The van der Waals surface area contributed by atoms with E-state index in [4.69, 9.17) is 4.74 Å². The van der Waals surface area contributed by atoms with Crippen LogP contribution in [0.4, 0.5) is 4.39 Å². The highest BCUT2D eigenvalue weighted by atomic mass is 79.9. The highest BCUT2D eigenvalue weighted by Crippen LogP contribution is 2.32. The molecule has 1 atom stereocenters. The van der Waals surface area contributed by atoms with Gasteiger partial charge in [0.15, 0.2) is 0 Å². The maximum Gasteiger partial charge on any atom is 0.142 e. The smallest absolute Gasteiger partial charge is 0.142 e. The molecule has 106 valence electrons. The zero-order valence-electron chi connectivity index (χ0n) is 11.4. The van der Waals surface area contributed by atoms with Crippen LogP contribution in [0.15, 0.2) is 41.0 Å². The zero-order valence-corrected chi connectivity index (χ0v) is 12.9. The van der Waals surface area contributed by atoms with Gasteiger partial charge in [0.25, 0.3) is 0 Å². The molecule has 0 radical (unpaired) electrons. The van der Waals surface area contributed by atoms with E-state index in [0.717, 1.165) is 22.3 Å². The number of benzene rings is 1. The summed E-state index contributed by atoms with van der Waals surface area (Å²) in [6.07, 6.45) is 1.70. The molecule has 1 unspecified atom stereocenters. The van der Waals surface area contributed by atoms with Gasteiger partial charge < -0.3 is 10.1 Å². The van der Waals surface area contributed by atoms with Crippen LogP contribution >= 0.6 is 15.9 Å². The Morgan fingerprint density at radius 1 is 1.40 bits per heavy atom. The van der Waals surface area contributed by atoms with Crippen LogP contribution in [0, 0.1) is 5.82 Å². The number of pyridine rings is 1. The summed E-state index contributed by atoms with van der Waals surface area (Å²) in [5, 5.41) is 3.32. The first-order valence-electron chi connectivity index (χ1n) is 6.34. The molecule has 0 amide bonds. The third-order valence-electron chi connectivity index (χ3n) is 2.97. The van der Waals surface area contributed by atoms with Crippen LogP contribution in [0.2, 0.25) is 0 Å². The van der Waals surface area contributed by atoms with Crippen molar-refractivity contribution in [2.24, 2.45) is 0 Å². The molecule has 0 saturated heterocycles. The second kappa shape index (κ2) is 6.81. The van der Waals surface area contributed by atoms with Crippen LogP contribution in [-0.2, 0) is 0 Å². The highest BCUT2D eigenvalue weighted by molar-refractivity contribution is 9.10. The lowest BCUT2D eigenvalue weighted by atomic mass is 10.0. The maximum atomic E-state index is 13.5. The largest absolute Gasteiger partial charge is 0.495 e. The lowest BCUT2D eigenvalue weighted by molar-refractivity contribution is 0.400. The number of ether oxygens (including phenoxy) is 1. The van der Waals surface area contributed by atoms with Crippen molar-refractivity contribution in [1.82, 2.24) is 10.3 Å². The Morgan fingerprint density at radius 2 is 2.20 bits per heavy atom. The lowest BCUT2D eigenvalue weighted by Crippen LogP contribution is -2.24. The Kier molecular flexibility index (Phi) is 5.09. The minimum absolute atomic E-state index is 0.235.